The second kappa shape index (κ2) is 6.82. The van der Waals surface area contributed by atoms with Crippen LogP contribution in [0.2, 0.25) is 0 Å². The van der Waals surface area contributed by atoms with E-state index in [1.807, 2.05) is 13.8 Å². The van der Waals surface area contributed by atoms with Crippen molar-refractivity contribution in [1.29, 1.82) is 0 Å². The van der Waals surface area contributed by atoms with E-state index in [0.717, 1.165) is 24.4 Å². The van der Waals surface area contributed by atoms with E-state index in [-0.39, 0.29) is 12.0 Å². The Morgan fingerprint density at radius 1 is 1.52 bits per heavy atom. The van der Waals surface area contributed by atoms with E-state index in [2.05, 4.69) is 24.8 Å². The quantitative estimate of drug-likeness (QED) is 0.757. The summed E-state index contributed by atoms with van der Waals surface area (Å²) in [5.41, 5.74) is 0. The number of rotatable bonds is 6. The van der Waals surface area contributed by atoms with Gasteiger partial charge in [-0.05, 0) is 0 Å². The largest absolute Gasteiger partial charge is 0.368 e. The first kappa shape index (κ1) is 16.3. The number of sulfonamides is 1. The monoisotopic (exact) mass is 317 g/mol. The summed E-state index contributed by atoms with van der Waals surface area (Å²) in [5, 5.41) is 7.12. The average molecular weight is 317 g/mol. The summed E-state index contributed by atoms with van der Waals surface area (Å²) in [6, 6.07) is 0. The molecular weight excluding hydrogens is 294 g/mol. The van der Waals surface area contributed by atoms with Crippen molar-refractivity contribution in [2.75, 3.05) is 39.0 Å². The van der Waals surface area contributed by atoms with Crippen molar-refractivity contribution in [2.45, 2.75) is 25.9 Å². The van der Waals surface area contributed by atoms with Gasteiger partial charge in [0.2, 0.25) is 10.0 Å². The number of nitrogens with one attached hydrogen (secondary N) is 2. The molecule has 1 aliphatic heterocycles. The Morgan fingerprint density at radius 3 is 2.90 bits per heavy atom. The van der Waals surface area contributed by atoms with Gasteiger partial charge in [0.1, 0.15) is 6.10 Å². The zero-order valence-corrected chi connectivity index (χ0v) is 13.5. The maximum absolute atomic E-state index is 11.0. The number of nitrogens with zero attached hydrogens (tertiary/aromatic N) is 3. The van der Waals surface area contributed by atoms with Gasteiger partial charge in [-0.1, -0.05) is 13.8 Å². The zero-order valence-electron chi connectivity index (χ0n) is 12.7. The van der Waals surface area contributed by atoms with Gasteiger partial charge in [-0.25, -0.2) is 18.1 Å². The van der Waals surface area contributed by atoms with Crippen LogP contribution in [0, 0.1) is 0 Å². The van der Waals surface area contributed by atoms with Crippen molar-refractivity contribution < 1.29 is 13.2 Å². The second-order valence-corrected chi connectivity index (χ2v) is 7.39. The van der Waals surface area contributed by atoms with Gasteiger partial charge in [0.15, 0.2) is 11.6 Å². The maximum atomic E-state index is 11.0. The highest BCUT2D eigenvalue weighted by atomic mass is 32.2. The van der Waals surface area contributed by atoms with Crippen molar-refractivity contribution in [2.24, 2.45) is 0 Å². The lowest BCUT2D eigenvalue weighted by molar-refractivity contribution is -0.0333. The molecule has 0 saturated carbocycles. The lowest BCUT2D eigenvalue weighted by atomic mass is 10.2. The molecule has 2 N–H and O–H groups in total. The molecule has 1 aromatic rings. The Hall–Kier alpha value is -1.03. The molecule has 0 unspecified atom stereocenters. The SMILES string of the molecule is CC(C)c1n[nH]c([C@@H]2CN(CCNS(C)(=O)=O)CCO2)n1. The molecule has 1 saturated heterocycles. The topological polar surface area (TPSA) is 100 Å². The second-order valence-electron chi connectivity index (χ2n) is 5.56. The molecule has 0 bridgehead atoms. The summed E-state index contributed by atoms with van der Waals surface area (Å²) in [6.07, 6.45) is 1.02. The number of aromatic amines is 1. The number of hydrogen-bond acceptors (Lipinski definition) is 6. The third kappa shape index (κ3) is 5.03. The first-order chi connectivity index (χ1) is 9.85. The van der Waals surface area contributed by atoms with E-state index in [1.165, 1.54) is 0 Å². The van der Waals surface area contributed by atoms with E-state index >= 15 is 0 Å². The minimum Gasteiger partial charge on any atom is -0.368 e. The van der Waals surface area contributed by atoms with Crippen LogP contribution in [-0.4, -0.2) is 67.5 Å². The Kier molecular flexibility index (Phi) is 5.31. The highest BCUT2D eigenvalue weighted by molar-refractivity contribution is 7.88. The molecule has 9 heteroatoms. The zero-order chi connectivity index (χ0) is 15.5. The first-order valence-electron chi connectivity index (χ1n) is 7.06. The van der Waals surface area contributed by atoms with Crippen LogP contribution in [0.3, 0.4) is 0 Å². The number of ether oxygens (including phenoxy) is 1. The van der Waals surface area contributed by atoms with Crippen LogP contribution in [0.4, 0.5) is 0 Å². The highest BCUT2D eigenvalue weighted by Crippen LogP contribution is 2.20. The smallest absolute Gasteiger partial charge is 0.208 e. The molecule has 0 amide bonds. The lowest BCUT2D eigenvalue weighted by Crippen LogP contribution is -2.42. The molecular formula is C12H23N5O3S. The summed E-state index contributed by atoms with van der Waals surface area (Å²) in [5.74, 6) is 1.79. The molecule has 1 atom stereocenters. The molecule has 1 fully saturated rings. The summed E-state index contributed by atoms with van der Waals surface area (Å²) in [7, 11) is -3.13. The van der Waals surface area contributed by atoms with Gasteiger partial charge in [0.25, 0.3) is 0 Å². The van der Waals surface area contributed by atoms with Gasteiger partial charge in [-0.3, -0.25) is 10.00 Å². The predicted octanol–water partition coefficient (Wildman–Crippen LogP) is -0.149. The lowest BCUT2D eigenvalue weighted by Gasteiger charge is -2.31. The Balaban J connectivity index is 1.88. The molecule has 1 aliphatic rings. The van der Waals surface area contributed by atoms with Gasteiger partial charge < -0.3 is 4.74 Å². The van der Waals surface area contributed by atoms with Gasteiger partial charge >= 0.3 is 0 Å². The summed E-state index contributed by atoms with van der Waals surface area (Å²) < 4.78 is 30.3. The Bertz CT molecular complexity index is 557. The number of hydrogen-bond donors (Lipinski definition) is 2. The van der Waals surface area contributed by atoms with Crippen molar-refractivity contribution in [1.82, 2.24) is 24.8 Å². The van der Waals surface area contributed by atoms with Crippen molar-refractivity contribution in [3.8, 4) is 0 Å². The molecule has 0 radical (unpaired) electrons. The first-order valence-corrected chi connectivity index (χ1v) is 8.95. The standard InChI is InChI=1S/C12H23N5O3S/c1-9(2)11-14-12(16-15-11)10-8-17(6-7-20-10)5-4-13-21(3,18)19/h9-10,13H,4-8H2,1-3H3,(H,14,15,16)/t10-/m0/s1. The number of morpholine rings is 1. The molecule has 120 valence electrons. The van der Waals surface area contributed by atoms with E-state index < -0.39 is 10.0 Å². The van der Waals surface area contributed by atoms with Crippen LogP contribution in [0.25, 0.3) is 0 Å². The third-order valence-electron chi connectivity index (χ3n) is 3.28. The number of H-pyrrole nitrogens is 1. The molecule has 2 heterocycles. The summed E-state index contributed by atoms with van der Waals surface area (Å²) >= 11 is 0. The van der Waals surface area contributed by atoms with Gasteiger partial charge in [-0.15, -0.1) is 0 Å². The summed E-state index contributed by atoms with van der Waals surface area (Å²) in [6.45, 7) is 7.19. The maximum Gasteiger partial charge on any atom is 0.208 e. The normalized spacial score (nSPS) is 21.0. The molecule has 1 aromatic heterocycles. The van der Waals surface area contributed by atoms with E-state index in [1.54, 1.807) is 0 Å². The van der Waals surface area contributed by atoms with Crippen LogP contribution in [-0.2, 0) is 14.8 Å². The molecule has 2 rings (SSSR count). The molecule has 21 heavy (non-hydrogen) atoms. The minimum absolute atomic E-state index is 0.142. The molecule has 0 aliphatic carbocycles. The van der Waals surface area contributed by atoms with Crippen LogP contribution < -0.4 is 4.72 Å². The van der Waals surface area contributed by atoms with Gasteiger partial charge in [0, 0.05) is 32.1 Å². The average Bonchev–Trinajstić information content (AvgIpc) is 2.87. The molecule has 0 spiro atoms. The number of aromatic nitrogens is 3. The summed E-state index contributed by atoms with van der Waals surface area (Å²) in [4.78, 5) is 6.61. The van der Waals surface area contributed by atoms with E-state index in [9.17, 15) is 8.42 Å². The fourth-order valence-corrected chi connectivity index (χ4v) is 2.61. The van der Waals surface area contributed by atoms with Crippen LogP contribution in [0.1, 0.15) is 37.5 Å². The van der Waals surface area contributed by atoms with E-state index in [0.29, 0.717) is 26.2 Å². The van der Waals surface area contributed by atoms with Gasteiger partial charge in [-0.2, -0.15) is 5.10 Å². The van der Waals surface area contributed by atoms with Crippen LogP contribution in [0.5, 0.6) is 0 Å². The Labute approximate surface area is 125 Å². The highest BCUT2D eigenvalue weighted by Gasteiger charge is 2.25. The van der Waals surface area contributed by atoms with Gasteiger partial charge in [0.05, 0.1) is 12.9 Å². The van der Waals surface area contributed by atoms with Crippen LogP contribution >= 0.6 is 0 Å². The Morgan fingerprint density at radius 2 is 2.29 bits per heavy atom. The molecule has 8 nitrogen and oxygen atoms in total. The molecule has 0 aromatic carbocycles. The fourth-order valence-electron chi connectivity index (χ4n) is 2.15. The van der Waals surface area contributed by atoms with Crippen molar-refractivity contribution >= 4 is 10.0 Å². The minimum atomic E-state index is -3.13. The van der Waals surface area contributed by atoms with Crippen molar-refractivity contribution in [3.05, 3.63) is 11.6 Å². The van der Waals surface area contributed by atoms with E-state index in [4.69, 9.17) is 4.74 Å². The van der Waals surface area contributed by atoms with Crippen LogP contribution in [0.15, 0.2) is 0 Å². The van der Waals surface area contributed by atoms with Crippen molar-refractivity contribution in [3.63, 3.8) is 0 Å². The third-order valence-corrected chi connectivity index (χ3v) is 4.01. The predicted molar refractivity (Wildman–Crippen MR) is 78.5 cm³/mol. The fraction of sp³-hybridized carbons (Fsp3) is 0.833.